The summed E-state index contributed by atoms with van der Waals surface area (Å²) in [6, 6.07) is 5.32. The minimum atomic E-state index is -0.856. The summed E-state index contributed by atoms with van der Waals surface area (Å²) in [6.07, 6.45) is 1.30. The van der Waals surface area contributed by atoms with Crippen molar-refractivity contribution in [3.05, 3.63) is 28.2 Å². The lowest BCUT2D eigenvalue weighted by molar-refractivity contribution is -0.150. The molecule has 2 rings (SSSR count). The summed E-state index contributed by atoms with van der Waals surface area (Å²) in [4.78, 5) is 25.2. The van der Waals surface area contributed by atoms with Crippen molar-refractivity contribution in [2.24, 2.45) is 5.41 Å². The van der Waals surface area contributed by atoms with Crippen LogP contribution in [0.25, 0.3) is 0 Å². The molecule has 0 radical (unpaired) electrons. The number of halogens is 1. The van der Waals surface area contributed by atoms with Crippen LogP contribution in [-0.2, 0) is 4.79 Å². The average molecular weight is 355 g/mol. The molecule has 1 saturated heterocycles. The van der Waals surface area contributed by atoms with Crippen molar-refractivity contribution in [1.82, 2.24) is 4.90 Å². The van der Waals surface area contributed by atoms with Crippen LogP contribution in [0.15, 0.2) is 22.7 Å². The van der Waals surface area contributed by atoms with Gasteiger partial charge in [0, 0.05) is 23.2 Å². The lowest BCUT2D eigenvalue weighted by atomic mass is 9.82. The van der Waals surface area contributed by atoms with Crippen LogP contribution in [0, 0.1) is 12.3 Å². The van der Waals surface area contributed by atoms with Gasteiger partial charge in [-0.2, -0.15) is 0 Å². The molecule has 1 aliphatic heterocycles. The molecule has 0 aliphatic carbocycles. The van der Waals surface area contributed by atoms with Crippen molar-refractivity contribution < 1.29 is 14.7 Å². The highest BCUT2D eigenvalue weighted by Crippen LogP contribution is 2.30. The van der Waals surface area contributed by atoms with Gasteiger partial charge in [-0.15, -0.1) is 0 Å². The van der Waals surface area contributed by atoms with E-state index in [0.29, 0.717) is 25.1 Å². The third-order valence-electron chi connectivity index (χ3n) is 3.91. The number of rotatable bonds is 2. The smallest absolute Gasteiger partial charge is 0.321 e. The van der Waals surface area contributed by atoms with Gasteiger partial charge in [-0.25, -0.2) is 4.79 Å². The maximum Gasteiger partial charge on any atom is 0.321 e. The number of likely N-dealkylation sites (tertiary alicyclic amines) is 1. The number of urea groups is 1. The van der Waals surface area contributed by atoms with Gasteiger partial charge in [-0.1, -0.05) is 15.9 Å². The van der Waals surface area contributed by atoms with E-state index in [0.717, 1.165) is 10.0 Å². The number of nitrogens with zero attached hydrogens (tertiary/aromatic N) is 1. The minimum Gasteiger partial charge on any atom is -0.481 e. The number of aryl methyl sites for hydroxylation is 1. The Bertz CT molecular complexity index is 576. The predicted molar refractivity (Wildman–Crippen MR) is 84.4 cm³/mol. The molecule has 1 aromatic carbocycles. The van der Waals surface area contributed by atoms with E-state index in [2.05, 4.69) is 21.2 Å². The van der Waals surface area contributed by atoms with Crippen LogP contribution in [-0.4, -0.2) is 35.1 Å². The zero-order valence-corrected chi connectivity index (χ0v) is 13.7. The highest BCUT2D eigenvalue weighted by atomic mass is 79.9. The molecule has 1 fully saturated rings. The van der Waals surface area contributed by atoms with E-state index in [1.165, 1.54) is 0 Å². The number of nitrogens with one attached hydrogen (secondary N) is 1. The van der Waals surface area contributed by atoms with Gasteiger partial charge < -0.3 is 15.3 Å². The lowest BCUT2D eigenvalue weighted by Gasteiger charge is -2.37. The van der Waals surface area contributed by atoms with Crippen molar-refractivity contribution in [3.8, 4) is 0 Å². The molecule has 5 nitrogen and oxygen atoms in total. The van der Waals surface area contributed by atoms with Crippen LogP contribution in [0.3, 0.4) is 0 Å². The molecule has 0 aromatic heterocycles. The molecule has 0 saturated carbocycles. The first-order chi connectivity index (χ1) is 9.82. The van der Waals surface area contributed by atoms with Gasteiger partial charge in [0.25, 0.3) is 0 Å². The van der Waals surface area contributed by atoms with Gasteiger partial charge in [-0.3, -0.25) is 4.79 Å². The standard InChI is InChI=1S/C15H19BrN2O3/c1-10-8-11(4-5-12(10)16)17-14(21)18-7-3-6-15(2,9-18)13(19)20/h4-5,8H,3,6-7,9H2,1-2H3,(H,17,21)(H,19,20). The van der Waals surface area contributed by atoms with Crippen LogP contribution >= 0.6 is 15.9 Å². The number of piperidine rings is 1. The van der Waals surface area contributed by atoms with Crippen molar-refractivity contribution in [2.45, 2.75) is 26.7 Å². The molecular formula is C15H19BrN2O3. The van der Waals surface area contributed by atoms with Crippen LogP contribution in [0.1, 0.15) is 25.3 Å². The quantitative estimate of drug-likeness (QED) is 0.853. The van der Waals surface area contributed by atoms with Crippen LogP contribution in [0.5, 0.6) is 0 Å². The van der Waals surface area contributed by atoms with E-state index < -0.39 is 11.4 Å². The highest BCUT2D eigenvalue weighted by Gasteiger charge is 2.39. The number of carbonyl (C=O) groups is 2. The molecule has 114 valence electrons. The fourth-order valence-corrected chi connectivity index (χ4v) is 2.76. The Morgan fingerprint density at radius 3 is 2.76 bits per heavy atom. The number of amides is 2. The second kappa shape index (κ2) is 6.05. The molecule has 1 atom stereocenters. The van der Waals surface area contributed by atoms with Crippen molar-refractivity contribution in [2.75, 3.05) is 18.4 Å². The van der Waals surface area contributed by atoms with E-state index in [-0.39, 0.29) is 12.6 Å². The van der Waals surface area contributed by atoms with Crippen molar-refractivity contribution >= 4 is 33.6 Å². The second-order valence-corrected chi connectivity index (χ2v) is 6.64. The molecule has 0 bridgehead atoms. The zero-order valence-electron chi connectivity index (χ0n) is 12.1. The van der Waals surface area contributed by atoms with E-state index in [9.17, 15) is 14.7 Å². The average Bonchev–Trinajstić information content (AvgIpc) is 2.43. The summed E-state index contributed by atoms with van der Waals surface area (Å²) in [5.41, 5.74) is 0.885. The normalized spacial score (nSPS) is 22.0. The molecule has 1 heterocycles. The first kappa shape index (κ1) is 15.8. The molecule has 21 heavy (non-hydrogen) atoms. The maximum atomic E-state index is 12.3. The minimum absolute atomic E-state index is 0.240. The molecule has 0 spiro atoms. The maximum absolute atomic E-state index is 12.3. The number of carbonyl (C=O) groups excluding carboxylic acids is 1. The number of benzene rings is 1. The molecule has 1 aromatic rings. The molecule has 6 heteroatoms. The van der Waals surface area contributed by atoms with Crippen LogP contribution in [0.4, 0.5) is 10.5 Å². The molecule has 2 N–H and O–H groups in total. The Labute approximate surface area is 132 Å². The molecule has 1 aliphatic rings. The first-order valence-electron chi connectivity index (χ1n) is 6.87. The number of hydrogen-bond acceptors (Lipinski definition) is 2. The predicted octanol–water partition coefficient (Wildman–Crippen LogP) is 3.48. The van der Waals surface area contributed by atoms with E-state index in [4.69, 9.17) is 0 Å². The Hall–Kier alpha value is -1.56. The van der Waals surface area contributed by atoms with Crippen LogP contribution < -0.4 is 5.32 Å². The zero-order chi connectivity index (χ0) is 15.6. The van der Waals surface area contributed by atoms with E-state index in [1.54, 1.807) is 11.8 Å². The molecule has 2 amide bonds. The Morgan fingerprint density at radius 2 is 2.14 bits per heavy atom. The third kappa shape index (κ3) is 3.56. The molecular weight excluding hydrogens is 336 g/mol. The number of carboxylic acid groups (broad SMARTS) is 1. The van der Waals surface area contributed by atoms with Gasteiger partial charge >= 0.3 is 12.0 Å². The van der Waals surface area contributed by atoms with E-state index >= 15 is 0 Å². The fraction of sp³-hybridized carbons (Fsp3) is 0.467. The number of aliphatic carboxylic acids is 1. The van der Waals surface area contributed by atoms with Crippen molar-refractivity contribution in [3.63, 3.8) is 0 Å². The van der Waals surface area contributed by atoms with Gasteiger partial charge in [0.1, 0.15) is 0 Å². The third-order valence-corrected chi connectivity index (χ3v) is 4.80. The fourth-order valence-electron chi connectivity index (χ4n) is 2.51. The van der Waals surface area contributed by atoms with Crippen molar-refractivity contribution in [1.29, 1.82) is 0 Å². The lowest BCUT2D eigenvalue weighted by Crippen LogP contribution is -2.49. The SMILES string of the molecule is Cc1cc(NC(=O)N2CCCC(C)(C(=O)O)C2)ccc1Br. The van der Waals surface area contributed by atoms with Gasteiger partial charge in [-0.05, 0) is 50.5 Å². The van der Waals surface area contributed by atoms with Gasteiger partial charge in [0.05, 0.1) is 5.41 Å². The highest BCUT2D eigenvalue weighted by molar-refractivity contribution is 9.10. The summed E-state index contributed by atoms with van der Waals surface area (Å²) < 4.78 is 0.983. The number of carboxylic acids is 1. The summed E-state index contributed by atoms with van der Waals surface area (Å²) in [5, 5.41) is 12.1. The number of hydrogen-bond donors (Lipinski definition) is 2. The summed E-state index contributed by atoms with van der Waals surface area (Å²) in [6.45, 7) is 4.47. The monoisotopic (exact) mass is 354 g/mol. The largest absolute Gasteiger partial charge is 0.481 e. The van der Waals surface area contributed by atoms with Gasteiger partial charge in [0.2, 0.25) is 0 Å². The summed E-state index contributed by atoms with van der Waals surface area (Å²) >= 11 is 3.41. The second-order valence-electron chi connectivity index (χ2n) is 5.79. The van der Waals surface area contributed by atoms with E-state index in [1.807, 2.05) is 25.1 Å². The Morgan fingerprint density at radius 1 is 1.43 bits per heavy atom. The first-order valence-corrected chi connectivity index (χ1v) is 7.67. The topological polar surface area (TPSA) is 69.6 Å². The van der Waals surface area contributed by atoms with Gasteiger partial charge in [0.15, 0.2) is 0 Å². The Balaban J connectivity index is 2.06. The molecule has 1 unspecified atom stereocenters. The van der Waals surface area contributed by atoms with Crippen LogP contribution in [0.2, 0.25) is 0 Å². The Kier molecular flexibility index (Phi) is 4.56. The summed E-state index contributed by atoms with van der Waals surface area (Å²) in [7, 11) is 0. The summed E-state index contributed by atoms with van der Waals surface area (Å²) in [5.74, 6) is -0.848. The number of anilines is 1.